The molecule has 1 aromatic heterocycles. The van der Waals surface area contributed by atoms with Crippen LogP contribution >= 0.6 is 0 Å². The largest absolute Gasteiger partial charge is 0.383 e. The number of hydrogen-bond donors (Lipinski definition) is 2. The summed E-state index contributed by atoms with van der Waals surface area (Å²) in [4.78, 5) is 18.2. The number of piperidine rings is 1. The summed E-state index contributed by atoms with van der Waals surface area (Å²) >= 11 is 0. The van der Waals surface area contributed by atoms with E-state index in [9.17, 15) is 4.79 Å². The number of rotatable bonds is 4. The number of likely N-dealkylation sites (tertiary alicyclic amines) is 1. The second kappa shape index (κ2) is 6.98. The Labute approximate surface area is 147 Å². The summed E-state index contributed by atoms with van der Waals surface area (Å²) in [5.41, 5.74) is 7.29. The van der Waals surface area contributed by atoms with Crippen LogP contribution in [0.5, 0.6) is 0 Å². The van der Waals surface area contributed by atoms with E-state index < -0.39 is 0 Å². The average Bonchev–Trinajstić information content (AvgIpc) is 2.59. The number of aromatic nitrogens is 2. The molecule has 0 amide bonds. The molecule has 0 bridgehead atoms. The summed E-state index contributed by atoms with van der Waals surface area (Å²) in [6.45, 7) is 5.78. The van der Waals surface area contributed by atoms with Gasteiger partial charge in [0.25, 0.3) is 0 Å². The molecule has 2 aromatic rings. The van der Waals surface area contributed by atoms with E-state index in [0.717, 1.165) is 24.1 Å². The van der Waals surface area contributed by atoms with E-state index >= 15 is 0 Å². The van der Waals surface area contributed by atoms with Crippen molar-refractivity contribution in [1.29, 1.82) is 0 Å². The van der Waals surface area contributed by atoms with Crippen molar-refractivity contribution in [3.8, 4) is 5.69 Å². The third-order valence-electron chi connectivity index (χ3n) is 5.48. The molecule has 132 valence electrons. The van der Waals surface area contributed by atoms with Gasteiger partial charge in [-0.3, -0.25) is 9.47 Å². The fraction of sp³-hybridized carbons (Fsp3) is 0.474. The molecule has 0 atom stereocenters. The van der Waals surface area contributed by atoms with Gasteiger partial charge in [0.15, 0.2) is 0 Å². The maximum absolute atomic E-state index is 11.9. The lowest BCUT2D eigenvalue weighted by atomic mass is 9.80. The molecule has 2 saturated heterocycles. The third-order valence-corrected chi connectivity index (χ3v) is 5.48. The van der Waals surface area contributed by atoms with Gasteiger partial charge in [0.05, 0.1) is 5.69 Å². The van der Waals surface area contributed by atoms with E-state index in [4.69, 9.17) is 5.73 Å². The van der Waals surface area contributed by atoms with Crippen LogP contribution in [0.2, 0.25) is 0 Å². The van der Waals surface area contributed by atoms with Crippen LogP contribution in [0.4, 0.5) is 5.82 Å². The van der Waals surface area contributed by atoms with Gasteiger partial charge in [-0.05, 0) is 61.5 Å². The number of nitrogens with two attached hydrogens (primary N) is 1. The summed E-state index contributed by atoms with van der Waals surface area (Å²) in [6, 6.07) is 9.76. The molecule has 6 heteroatoms. The van der Waals surface area contributed by atoms with Crippen molar-refractivity contribution in [2.24, 2.45) is 11.8 Å². The van der Waals surface area contributed by atoms with Crippen molar-refractivity contribution in [3.05, 3.63) is 52.6 Å². The SMILES string of the molecule is Nc1ccn(-c2ccc(CN3CC(C4CCNCC4)C3)cc2)c(=O)n1. The molecule has 6 nitrogen and oxygen atoms in total. The second-order valence-electron chi connectivity index (χ2n) is 7.21. The number of anilines is 1. The van der Waals surface area contributed by atoms with E-state index in [1.807, 2.05) is 12.1 Å². The van der Waals surface area contributed by atoms with Crippen molar-refractivity contribution in [2.75, 3.05) is 31.9 Å². The van der Waals surface area contributed by atoms with Crippen LogP contribution in [0, 0.1) is 11.8 Å². The summed E-state index contributed by atoms with van der Waals surface area (Å²) in [5.74, 6) is 2.03. The smallest absolute Gasteiger partial charge is 0.354 e. The molecule has 25 heavy (non-hydrogen) atoms. The minimum atomic E-state index is -0.347. The van der Waals surface area contributed by atoms with Gasteiger partial charge in [-0.25, -0.2) is 4.79 Å². The highest BCUT2D eigenvalue weighted by Gasteiger charge is 2.33. The number of benzene rings is 1. The first-order chi connectivity index (χ1) is 12.2. The molecule has 0 aliphatic carbocycles. The highest BCUT2D eigenvalue weighted by atomic mass is 16.1. The first-order valence-electron chi connectivity index (χ1n) is 9.06. The van der Waals surface area contributed by atoms with Crippen molar-refractivity contribution < 1.29 is 0 Å². The summed E-state index contributed by atoms with van der Waals surface area (Å²) in [7, 11) is 0. The van der Waals surface area contributed by atoms with E-state index in [1.165, 1.54) is 49.2 Å². The van der Waals surface area contributed by atoms with Crippen LogP contribution < -0.4 is 16.7 Å². The first-order valence-corrected chi connectivity index (χ1v) is 9.06. The molecular formula is C19H25N5O. The quantitative estimate of drug-likeness (QED) is 0.877. The van der Waals surface area contributed by atoms with E-state index in [-0.39, 0.29) is 11.5 Å². The van der Waals surface area contributed by atoms with Crippen molar-refractivity contribution in [3.63, 3.8) is 0 Å². The van der Waals surface area contributed by atoms with Crippen LogP contribution in [-0.2, 0) is 6.54 Å². The second-order valence-corrected chi connectivity index (χ2v) is 7.21. The van der Waals surface area contributed by atoms with E-state index in [1.54, 1.807) is 12.3 Å². The predicted octanol–water partition coefficient (Wildman–Crippen LogP) is 1.25. The maximum Gasteiger partial charge on any atom is 0.354 e. The average molecular weight is 339 g/mol. The van der Waals surface area contributed by atoms with Gasteiger partial charge in [-0.2, -0.15) is 4.98 Å². The highest BCUT2D eigenvalue weighted by molar-refractivity contribution is 5.36. The molecule has 0 radical (unpaired) electrons. The molecule has 4 rings (SSSR count). The van der Waals surface area contributed by atoms with Crippen molar-refractivity contribution in [2.45, 2.75) is 19.4 Å². The Morgan fingerprint density at radius 3 is 2.48 bits per heavy atom. The Hall–Kier alpha value is -2.18. The molecule has 3 heterocycles. The zero-order valence-electron chi connectivity index (χ0n) is 14.4. The number of nitrogens with one attached hydrogen (secondary N) is 1. The lowest BCUT2D eigenvalue weighted by Gasteiger charge is -2.45. The predicted molar refractivity (Wildman–Crippen MR) is 98.6 cm³/mol. The van der Waals surface area contributed by atoms with Crippen LogP contribution in [0.3, 0.4) is 0 Å². The minimum absolute atomic E-state index is 0.249. The molecule has 0 spiro atoms. The summed E-state index contributed by atoms with van der Waals surface area (Å²) in [6.07, 6.45) is 4.33. The molecule has 0 saturated carbocycles. The highest BCUT2D eigenvalue weighted by Crippen LogP contribution is 2.30. The van der Waals surface area contributed by atoms with E-state index in [2.05, 4.69) is 27.3 Å². The summed E-state index contributed by atoms with van der Waals surface area (Å²) < 4.78 is 1.51. The van der Waals surface area contributed by atoms with Crippen LogP contribution in [-0.4, -0.2) is 40.6 Å². The fourth-order valence-electron chi connectivity index (χ4n) is 3.99. The van der Waals surface area contributed by atoms with Gasteiger partial charge >= 0.3 is 5.69 Å². The first kappa shape index (κ1) is 16.3. The minimum Gasteiger partial charge on any atom is -0.383 e. The van der Waals surface area contributed by atoms with Crippen LogP contribution in [0.15, 0.2) is 41.3 Å². The molecular weight excluding hydrogens is 314 g/mol. The van der Waals surface area contributed by atoms with Crippen molar-refractivity contribution >= 4 is 5.82 Å². The molecule has 0 unspecified atom stereocenters. The lowest BCUT2D eigenvalue weighted by molar-refractivity contribution is 0.0391. The summed E-state index contributed by atoms with van der Waals surface area (Å²) in [5, 5.41) is 3.45. The standard InChI is InChI=1S/C19H25N5O/c20-18-7-10-24(19(25)22-18)17-3-1-14(2-4-17)11-23-12-16(13-23)15-5-8-21-9-6-15/h1-4,7,10,15-16,21H,5-6,8-9,11-13H2,(H2,20,22,25). The van der Waals surface area contributed by atoms with Gasteiger partial charge in [-0.15, -0.1) is 0 Å². The van der Waals surface area contributed by atoms with Crippen LogP contribution in [0.25, 0.3) is 5.69 Å². The lowest BCUT2D eigenvalue weighted by Crippen LogP contribution is -2.51. The topological polar surface area (TPSA) is 76.2 Å². The zero-order chi connectivity index (χ0) is 17.2. The van der Waals surface area contributed by atoms with E-state index in [0.29, 0.717) is 0 Å². The maximum atomic E-state index is 11.9. The molecule has 3 N–H and O–H groups in total. The molecule has 2 aliphatic heterocycles. The Balaban J connectivity index is 1.34. The van der Waals surface area contributed by atoms with Gasteiger partial charge in [0.2, 0.25) is 0 Å². The molecule has 2 aliphatic rings. The van der Waals surface area contributed by atoms with Crippen LogP contribution in [0.1, 0.15) is 18.4 Å². The van der Waals surface area contributed by atoms with Gasteiger partial charge in [0, 0.05) is 25.8 Å². The molecule has 1 aromatic carbocycles. The Morgan fingerprint density at radius 1 is 1.08 bits per heavy atom. The fourth-order valence-corrected chi connectivity index (χ4v) is 3.99. The number of hydrogen-bond acceptors (Lipinski definition) is 5. The zero-order valence-corrected chi connectivity index (χ0v) is 14.4. The third kappa shape index (κ3) is 3.60. The van der Waals surface area contributed by atoms with Gasteiger partial charge < -0.3 is 11.1 Å². The number of nitrogen functional groups attached to an aromatic ring is 1. The number of nitrogens with zero attached hydrogens (tertiary/aromatic N) is 3. The molecule has 2 fully saturated rings. The van der Waals surface area contributed by atoms with Crippen molar-refractivity contribution in [1.82, 2.24) is 19.8 Å². The monoisotopic (exact) mass is 339 g/mol. The van der Waals surface area contributed by atoms with Gasteiger partial charge in [0.1, 0.15) is 5.82 Å². The Bertz CT molecular complexity index is 773. The Morgan fingerprint density at radius 2 is 1.80 bits per heavy atom. The van der Waals surface area contributed by atoms with Gasteiger partial charge in [-0.1, -0.05) is 12.1 Å². The Kier molecular flexibility index (Phi) is 4.55. The normalized spacial score (nSPS) is 19.7.